The van der Waals surface area contributed by atoms with E-state index in [1.54, 1.807) is 7.11 Å². The maximum atomic E-state index is 12.3. The van der Waals surface area contributed by atoms with E-state index >= 15 is 0 Å². The normalized spacial score (nSPS) is 17.0. The molecule has 20 heavy (non-hydrogen) atoms. The van der Waals surface area contributed by atoms with Crippen LogP contribution in [0.15, 0.2) is 0 Å². The molecule has 0 aliphatic carbocycles. The number of rotatable bonds is 6. The number of amides is 1. The van der Waals surface area contributed by atoms with Gasteiger partial charge < -0.3 is 19.7 Å². The molecule has 0 radical (unpaired) electrons. The number of piperidine rings is 1. The van der Waals surface area contributed by atoms with E-state index in [4.69, 9.17) is 9.47 Å². The second-order valence-corrected chi connectivity index (χ2v) is 6.47. The van der Waals surface area contributed by atoms with E-state index < -0.39 is 5.60 Å². The van der Waals surface area contributed by atoms with E-state index in [0.29, 0.717) is 19.1 Å². The van der Waals surface area contributed by atoms with Crippen molar-refractivity contribution in [2.75, 3.05) is 39.9 Å². The van der Waals surface area contributed by atoms with Crippen molar-refractivity contribution in [3.63, 3.8) is 0 Å². The fraction of sp³-hybridized carbons (Fsp3) is 0.933. The Morgan fingerprint density at radius 3 is 2.50 bits per heavy atom. The van der Waals surface area contributed by atoms with Crippen LogP contribution < -0.4 is 5.32 Å². The van der Waals surface area contributed by atoms with Gasteiger partial charge in [-0.3, -0.25) is 0 Å². The largest absolute Gasteiger partial charge is 0.444 e. The number of nitrogens with one attached hydrogen (secondary N) is 1. The molecule has 0 aromatic heterocycles. The molecule has 5 nitrogen and oxygen atoms in total. The smallest absolute Gasteiger partial charge is 0.410 e. The Bertz CT molecular complexity index is 283. The number of methoxy groups -OCH3 is 1. The highest BCUT2D eigenvalue weighted by atomic mass is 16.6. The molecule has 118 valence electrons. The van der Waals surface area contributed by atoms with Crippen LogP contribution in [0.5, 0.6) is 0 Å². The third kappa shape index (κ3) is 7.10. The highest BCUT2D eigenvalue weighted by Crippen LogP contribution is 2.16. The van der Waals surface area contributed by atoms with E-state index in [1.165, 1.54) is 0 Å². The van der Waals surface area contributed by atoms with Gasteiger partial charge in [0.05, 0.1) is 0 Å². The molecule has 1 heterocycles. The van der Waals surface area contributed by atoms with Crippen molar-refractivity contribution in [2.24, 2.45) is 5.92 Å². The average molecular weight is 286 g/mol. The molecule has 0 atom stereocenters. The Kier molecular flexibility index (Phi) is 7.30. The SMILES string of the molecule is COCCCN(CC1CCNCC1)C(=O)OC(C)(C)C. The molecule has 0 unspecified atom stereocenters. The van der Waals surface area contributed by atoms with Crippen LogP contribution in [0.2, 0.25) is 0 Å². The van der Waals surface area contributed by atoms with Gasteiger partial charge in [0, 0.05) is 26.8 Å². The Hall–Kier alpha value is -0.810. The first-order chi connectivity index (χ1) is 9.42. The zero-order chi connectivity index (χ0) is 15.0. The van der Waals surface area contributed by atoms with Crippen LogP contribution in [0.4, 0.5) is 4.79 Å². The third-order valence-electron chi connectivity index (χ3n) is 3.37. The Balaban J connectivity index is 2.51. The van der Waals surface area contributed by atoms with Crippen molar-refractivity contribution < 1.29 is 14.3 Å². The molecule has 0 saturated carbocycles. The van der Waals surface area contributed by atoms with Gasteiger partial charge in [0.25, 0.3) is 0 Å². The minimum absolute atomic E-state index is 0.202. The van der Waals surface area contributed by atoms with E-state index in [-0.39, 0.29) is 6.09 Å². The lowest BCUT2D eigenvalue weighted by atomic mass is 9.97. The fourth-order valence-corrected chi connectivity index (χ4v) is 2.36. The molecular weight excluding hydrogens is 256 g/mol. The summed E-state index contributed by atoms with van der Waals surface area (Å²) in [5.41, 5.74) is -0.440. The number of ether oxygens (including phenoxy) is 2. The number of carbonyl (C=O) groups is 1. The summed E-state index contributed by atoms with van der Waals surface area (Å²) in [5, 5.41) is 3.35. The zero-order valence-corrected chi connectivity index (χ0v) is 13.4. The van der Waals surface area contributed by atoms with Crippen LogP contribution in [0.1, 0.15) is 40.0 Å². The molecule has 1 saturated heterocycles. The summed E-state index contributed by atoms with van der Waals surface area (Å²) in [6.07, 6.45) is 2.90. The number of nitrogens with zero attached hydrogens (tertiary/aromatic N) is 1. The number of carbonyl (C=O) groups excluding carboxylic acids is 1. The van der Waals surface area contributed by atoms with Crippen LogP contribution in [0.25, 0.3) is 0 Å². The van der Waals surface area contributed by atoms with Gasteiger partial charge in [0.1, 0.15) is 5.60 Å². The summed E-state index contributed by atoms with van der Waals surface area (Å²) < 4.78 is 10.6. The van der Waals surface area contributed by atoms with Gasteiger partial charge in [0.15, 0.2) is 0 Å². The predicted octanol–water partition coefficient (Wildman–Crippen LogP) is 2.26. The molecule has 0 spiro atoms. The first kappa shape index (κ1) is 17.2. The summed E-state index contributed by atoms with van der Waals surface area (Å²) >= 11 is 0. The lowest BCUT2D eigenvalue weighted by Gasteiger charge is -2.32. The molecule has 0 bridgehead atoms. The molecular formula is C15H30N2O3. The lowest BCUT2D eigenvalue weighted by Crippen LogP contribution is -2.42. The van der Waals surface area contributed by atoms with Crippen LogP contribution in [-0.2, 0) is 9.47 Å². The summed E-state index contributed by atoms with van der Waals surface area (Å²) in [4.78, 5) is 14.1. The van der Waals surface area contributed by atoms with Gasteiger partial charge in [-0.25, -0.2) is 4.79 Å². The van der Waals surface area contributed by atoms with Crippen molar-refractivity contribution in [1.29, 1.82) is 0 Å². The highest BCUT2D eigenvalue weighted by molar-refractivity contribution is 5.68. The molecule has 0 aromatic rings. The van der Waals surface area contributed by atoms with Crippen LogP contribution in [0, 0.1) is 5.92 Å². The molecule has 1 rings (SSSR count). The Morgan fingerprint density at radius 2 is 1.95 bits per heavy atom. The molecule has 1 aliphatic heterocycles. The standard InChI is InChI=1S/C15H30N2O3/c1-15(2,3)20-14(18)17(10-5-11-19-4)12-13-6-8-16-9-7-13/h13,16H,5-12H2,1-4H3. The fourth-order valence-electron chi connectivity index (χ4n) is 2.36. The molecule has 1 amide bonds. The zero-order valence-electron chi connectivity index (χ0n) is 13.4. The van der Waals surface area contributed by atoms with Gasteiger partial charge in [-0.2, -0.15) is 0 Å². The quantitative estimate of drug-likeness (QED) is 0.761. The van der Waals surface area contributed by atoms with Crippen molar-refractivity contribution in [1.82, 2.24) is 10.2 Å². The topological polar surface area (TPSA) is 50.8 Å². The second-order valence-electron chi connectivity index (χ2n) is 6.47. The van der Waals surface area contributed by atoms with E-state index in [9.17, 15) is 4.79 Å². The summed E-state index contributed by atoms with van der Waals surface area (Å²) in [6, 6.07) is 0. The minimum Gasteiger partial charge on any atom is -0.444 e. The minimum atomic E-state index is -0.440. The van der Waals surface area contributed by atoms with Crippen molar-refractivity contribution in [2.45, 2.75) is 45.6 Å². The van der Waals surface area contributed by atoms with Crippen LogP contribution in [-0.4, -0.2) is 56.5 Å². The summed E-state index contributed by atoms with van der Waals surface area (Å²) in [5.74, 6) is 0.575. The first-order valence-electron chi connectivity index (χ1n) is 7.60. The number of hydrogen-bond donors (Lipinski definition) is 1. The molecule has 1 aliphatic rings. The second kappa shape index (κ2) is 8.47. The van der Waals surface area contributed by atoms with Gasteiger partial charge in [-0.15, -0.1) is 0 Å². The Morgan fingerprint density at radius 1 is 1.30 bits per heavy atom. The van der Waals surface area contributed by atoms with Crippen molar-refractivity contribution in [3.05, 3.63) is 0 Å². The van der Waals surface area contributed by atoms with Gasteiger partial charge >= 0.3 is 6.09 Å². The third-order valence-corrected chi connectivity index (χ3v) is 3.37. The maximum Gasteiger partial charge on any atom is 0.410 e. The molecule has 1 N–H and O–H groups in total. The van der Waals surface area contributed by atoms with E-state index in [1.807, 2.05) is 25.7 Å². The summed E-state index contributed by atoms with van der Waals surface area (Å²) in [7, 11) is 1.69. The van der Waals surface area contributed by atoms with E-state index in [0.717, 1.165) is 38.9 Å². The first-order valence-corrected chi connectivity index (χ1v) is 7.60. The number of hydrogen-bond acceptors (Lipinski definition) is 4. The van der Waals surface area contributed by atoms with Crippen LogP contribution in [0.3, 0.4) is 0 Å². The summed E-state index contributed by atoms with van der Waals surface area (Å²) in [6.45, 7) is 9.97. The average Bonchev–Trinajstić information content (AvgIpc) is 2.37. The molecule has 1 fully saturated rings. The lowest BCUT2D eigenvalue weighted by molar-refractivity contribution is 0.0195. The van der Waals surface area contributed by atoms with E-state index in [2.05, 4.69) is 5.32 Å². The predicted molar refractivity (Wildman–Crippen MR) is 79.9 cm³/mol. The van der Waals surface area contributed by atoms with Gasteiger partial charge in [0.2, 0.25) is 0 Å². The molecule has 0 aromatic carbocycles. The Labute approximate surface area is 123 Å². The monoisotopic (exact) mass is 286 g/mol. The van der Waals surface area contributed by atoms with Crippen molar-refractivity contribution in [3.8, 4) is 0 Å². The van der Waals surface area contributed by atoms with Crippen LogP contribution >= 0.6 is 0 Å². The maximum absolute atomic E-state index is 12.3. The van der Waals surface area contributed by atoms with Gasteiger partial charge in [-0.1, -0.05) is 0 Å². The van der Waals surface area contributed by atoms with Crippen molar-refractivity contribution >= 4 is 6.09 Å². The molecule has 5 heteroatoms. The highest BCUT2D eigenvalue weighted by Gasteiger charge is 2.25. The van der Waals surface area contributed by atoms with Gasteiger partial charge in [-0.05, 0) is 59.0 Å².